The van der Waals surface area contributed by atoms with Gasteiger partial charge in [-0.05, 0) is 46.6 Å². The highest BCUT2D eigenvalue weighted by atomic mass is 16.5. The molecule has 0 saturated carbocycles. The minimum atomic E-state index is 0.253. The highest BCUT2D eigenvalue weighted by Gasteiger charge is 2.06. The zero-order valence-electron chi connectivity index (χ0n) is 10.4. The van der Waals surface area contributed by atoms with Gasteiger partial charge in [0.25, 0.3) is 0 Å². The quantitative estimate of drug-likeness (QED) is 0.610. The van der Waals surface area contributed by atoms with Crippen LogP contribution in [0, 0.1) is 0 Å². The first-order chi connectivity index (χ1) is 6.56. The van der Waals surface area contributed by atoms with E-state index in [-0.39, 0.29) is 5.54 Å². The number of ether oxygens (including phenoxy) is 1. The molecule has 0 aliphatic carbocycles. The molecule has 0 heterocycles. The van der Waals surface area contributed by atoms with E-state index in [2.05, 4.69) is 33.0 Å². The molecule has 2 heteroatoms. The summed E-state index contributed by atoms with van der Waals surface area (Å²) in [5, 5.41) is 3.47. The molecule has 0 spiro atoms. The highest BCUT2D eigenvalue weighted by molar-refractivity contribution is 4.69. The van der Waals surface area contributed by atoms with Crippen molar-refractivity contribution in [2.45, 2.75) is 58.9 Å². The van der Waals surface area contributed by atoms with E-state index in [1.165, 1.54) is 25.7 Å². The van der Waals surface area contributed by atoms with Crippen LogP contribution in [-0.2, 0) is 4.74 Å². The molecule has 14 heavy (non-hydrogen) atoms. The lowest BCUT2D eigenvalue weighted by molar-refractivity contribution is 0.127. The van der Waals surface area contributed by atoms with E-state index < -0.39 is 0 Å². The average Bonchev–Trinajstić information content (AvgIpc) is 2.08. The fourth-order valence-corrected chi connectivity index (χ4v) is 1.14. The van der Waals surface area contributed by atoms with Crippen LogP contribution in [0.2, 0.25) is 0 Å². The van der Waals surface area contributed by atoms with Gasteiger partial charge in [0.2, 0.25) is 0 Å². The van der Waals surface area contributed by atoms with E-state index in [0.29, 0.717) is 0 Å². The fraction of sp³-hybridized carbons (Fsp3) is 1.00. The summed E-state index contributed by atoms with van der Waals surface area (Å²) in [4.78, 5) is 0. The minimum absolute atomic E-state index is 0.253. The number of rotatable bonds is 8. The predicted octanol–water partition coefficient (Wildman–Crippen LogP) is 2.97. The second-order valence-electron chi connectivity index (χ2n) is 4.85. The van der Waals surface area contributed by atoms with Gasteiger partial charge in [-0.3, -0.25) is 0 Å². The number of hydrogen-bond donors (Lipinski definition) is 1. The van der Waals surface area contributed by atoms with Crippen LogP contribution >= 0.6 is 0 Å². The average molecular weight is 201 g/mol. The van der Waals surface area contributed by atoms with Gasteiger partial charge in [-0.1, -0.05) is 13.3 Å². The molecule has 0 atom stereocenters. The maximum atomic E-state index is 5.48. The molecule has 0 rings (SSSR count). The Morgan fingerprint density at radius 1 is 1.00 bits per heavy atom. The van der Waals surface area contributed by atoms with Crippen LogP contribution in [0.1, 0.15) is 53.4 Å². The molecule has 0 aliphatic heterocycles. The topological polar surface area (TPSA) is 21.3 Å². The van der Waals surface area contributed by atoms with Crippen molar-refractivity contribution < 1.29 is 4.74 Å². The largest absolute Gasteiger partial charge is 0.381 e. The predicted molar refractivity (Wildman–Crippen MR) is 62.7 cm³/mol. The Kier molecular flexibility index (Phi) is 8.20. The van der Waals surface area contributed by atoms with Crippen molar-refractivity contribution in [1.82, 2.24) is 5.32 Å². The smallest absolute Gasteiger partial charge is 0.0466 e. The second kappa shape index (κ2) is 8.25. The lowest BCUT2D eigenvalue weighted by Crippen LogP contribution is -2.36. The van der Waals surface area contributed by atoms with Crippen molar-refractivity contribution in [3.63, 3.8) is 0 Å². The summed E-state index contributed by atoms with van der Waals surface area (Å²) in [6.07, 6.45) is 4.81. The van der Waals surface area contributed by atoms with Crippen LogP contribution in [-0.4, -0.2) is 25.3 Å². The summed E-state index contributed by atoms with van der Waals surface area (Å²) in [5.74, 6) is 0. The Bertz CT molecular complexity index is 118. The van der Waals surface area contributed by atoms with Gasteiger partial charge < -0.3 is 10.1 Å². The van der Waals surface area contributed by atoms with Crippen LogP contribution < -0.4 is 5.32 Å². The maximum Gasteiger partial charge on any atom is 0.0466 e. The van der Waals surface area contributed by atoms with Gasteiger partial charge in [-0.15, -0.1) is 0 Å². The molecule has 0 aromatic rings. The van der Waals surface area contributed by atoms with Crippen molar-refractivity contribution in [2.75, 3.05) is 19.8 Å². The molecule has 0 unspecified atom stereocenters. The van der Waals surface area contributed by atoms with Crippen LogP contribution in [0.5, 0.6) is 0 Å². The maximum absolute atomic E-state index is 5.48. The van der Waals surface area contributed by atoms with Gasteiger partial charge in [0.15, 0.2) is 0 Å². The fourth-order valence-electron chi connectivity index (χ4n) is 1.14. The number of nitrogens with one attached hydrogen (secondary N) is 1. The summed E-state index contributed by atoms with van der Waals surface area (Å²) in [6.45, 7) is 11.7. The van der Waals surface area contributed by atoms with Crippen molar-refractivity contribution in [3.05, 3.63) is 0 Å². The van der Waals surface area contributed by atoms with E-state index in [1.807, 2.05) is 0 Å². The summed E-state index contributed by atoms with van der Waals surface area (Å²) >= 11 is 0. The Labute approximate surface area is 89.4 Å². The van der Waals surface area contributed by atoms with Gasteiger partial charge >= 0.3 is 0 Å². The lowest BCUT2D eigenvalue weighted by atomic mass is 10.1. The van der Waals surface area contributed by atoms with E-state index in [1.54, 1.807) is 0 Å². The molecular formula is C12H27NO. The Morgan fingerprint density at radius 3 is 2.21 bits per heavy atom. The second-order valence-corrected chi connectivity index (χ2v) is 4.85. The standard InChI is InChI=1S/C12H27NO/c1-5-6-10-14-11-8-7-9-13-12(2,3)4/h13H,5-11H2,1-4H3. The third-order valence-electron chi connectivity index (χ3n) is 2.01. The van der Waals surface area contributed by atoms with Gasteiger partial charge in [0, 0.05) is 18.8 Å². The van der Waals surface area contributed by atoms with Crippen molar-refractivity contribution in [1.29, 1.82) is 0 Å². The van der Waals surface area contributed by atoms with Gasteiger partial charge in [0.05, 0.1) is 0 Å². The Balaban J connectivity index is 2.99. The van der Waals surface area contributed by atoms with Gasteiger partial charge in [-0.2, -0.15) is 0 Å². The molecule has 0 amide bonds. The molecule has 0 aromatic carbocycles. The molecule has 0 fully saturated rings. The molecule has 86 valence electrons. The Morgan fingerprint density at radius 2 is 1.64 bits per heavy atom. The molecular weight excluding hydrogens is 174 g/mol. The first-order valence-electron chi connectivity index (χ1n) is 5.89. The monoisotopic (exact) mass is 201 g/mol. The van der Waals surface area contributed by atoms with E-state index >= 15 is 0 Å². The van der Waals surface area contributed by atoms with Crippen LogP contribution in [0.3, 0.4) is 0 Å². The zero-order valence-corrected chi connectivity index (χ0v) is 10.4. The summed E-state index contributed by atoms with van der Waals surface area (Å²) < 4.78 is 5.48. The normalized spacial score (nSPS) is 12.0. The van der Waals surface area contributed by atoms with E-state index in [0.717, 1.165) is 19.8 Å². The lowest BCUT2D eigenvalue weighted by Gasteiger charge is -2.20. The van der Waals surface area contributed by atoms with Gasteiger partial charge in [0.1, 0.15) is 0 Å². The molecule has 0 aliphatic rings. The molecule has 1 N–H and O–H groups in total. The number of hydrogen-bond acceptors (Lipinski definition) is 2. The molecule has 0 radical (unpaired) electrons. The third kappa shape index (κ3) is 11.9. The van der Waals surface area contributed by atoms with E-state index in [4.69, 9.17) is 4.74 Å². The van der Waals surface area contributed by atoms with Crippen LogP contribution in [0.25, 0.3) is 0 Å². The van der Waals surface area contributed by atoms with Crippen molar-refractivity contribution in [3.8, 4) is 0 Å². The summed E-state index contributed by atoms with van der Waals surface area (Å²) in [6, 6.07) is 0. The van der Waals surface area contributed by atoms with Gasteiger partial charge in [-0.25, -0.2) is 0 Å². The summed E-state index contributed by atoms with van der Waals surface area (Å²) in [5.41, 5.74) is 0.253. The SMILES string of the molecule is CCCCOCCCCNC(C)(C)C. The number of unbranched alkanes of at least 4 members (excludes halogenated alkanes) is 2. The third-order valence-corrected chi connectivity index (χ3v) is 2.01. The van der Waals surface area contributed by atoms with E-state index in [9.17, 15) is 0 Å². The van der Waals surface area contributed by atoms with Crippen LogP contribution in [0.4, 0.5) is 0 Å². The summed E-state index contributed by atoms with van der Waals surface area (Å²) in [7, 11) is 0. The molecule has 2 nitrogen and oxygen atoms in total. The van der Waals surface area contributed by atoms with Crippen molar-refractivity contribution in [2.24, 2.45) is 0 Å². The Hall–Kier alpha value is -0.0800. The molecule has 0 aromatic heterocycles. The first-order valence-corrected chi connectivity index (χ1v) is 5.89. The molecule has 0 saturated heterocycles. The van der Waals surface area contributed by atoms with Crippen molar-refractivity contribution >= 4 is 0 Å². The molecule has 0 bridgehead atoms. The van der Waals surface area contributed by atoms with Crippen LogP contribution in [0.15, 0.2) is 0 Å². The highest BCUT2D eigenvalue weighted by Crippen LogP contribution is 1.99. The zero-order chi connectivity index (χ0) is 10.9. The first kappa shape index (κ1) is 13.9. The minimum Gasteiger partial charge on any atom is -0.381 e.